The zero-order chi connectivity index (χ0) is 17.2. The molecule has 2 N–H and O–H groups in total. The molecule has 26 heavy (non-hydrogen) atoms. The zero-order valence-electron chi connectivity index (χ0n) is 15.0. The van der Waals surface area contributed by atoms with Gasteiger partial charge in [0.2, 0.25) is 0 Å². The number of piperazine rings is 1. The van der Waals surface area contributed by atoms with E-state index in [1.54, 1.807) is 11.5 Å². The Morgan fingerprint density at radius 3 is 2.62 bits per heavy atom. The lowest BCUT2D eigenvalue weighted by Gasteiger charge is -2.35. The van der Waals surface area contributed by atoms with Gasteiger partial charge >= 0.3 is 0 Å². The van der Waals surface area contributed by atoms with E-state index in [1.165, 1.54) is 21.2 Å². The molecule has 0 bridgehead atoms. The van der Waals surface area contributed by atoms with Gasteiger partial charge in [0.25, 0.3) is 0 Å². The molecule has 0 spiro atoms. The quantitative estimate of drug-likeness (QED) is 0.687. The summed E-state index contributed by atoms with van der Waals surface area (Å²) in [5.41, 5.74) is 9.34. The molecule has 138 valence electrons. The summed E-state index contributed by atoms with van der Waals surface area (Å²) in [6, 6.07) is 14.9. The van der Waals surface area contributed by atoms with Crippen LogP contribution in [0, 0.1) is 6.92 Å². The smallest absolute Gasteiger partial charge is 0.150 e. The summed E-state index contributed by atoms with van der Waals surface area (Å²) >= 11 is 1.60. The van der Waals surface area contributed by atoms with Gasteiger partial charge in [-0.05, 0) is 54.2 Å². The molecular formula is C20H25ClN4S. The van der Waals surface area contributed by atoms with Gasteiger partial charge in [-0.15, -0.1) is 12.4 Å². The van der Waals surface area contributed by atoms with E-state index in [1.807, 2.05) is 6.07 Å². The highest BCUT2D eigenvalue weighted by molar-refractivity contribution is 7.13. The summed E-state index contributed by atoms with van der Waals surface area (Å²) in [5, 5.41) is 1.29. The minimum Gasteiger partial charge on any atom is -0.399 e. The van der Waals surface area contributed by atoms with Crippen LogP contribution in [0.3, 0.4) is 0 Å². The molecule has 0 atom stereocenters. The monoisotopic (exact) mass is 388 g/mol. The number of hydrogen-bond acceptors (Lipinski definition) is 5. The molecule has 0 unspecified atom stereocenters. The van der Waals surface area contributed by atoms with Crippen LogP contribution in [0.1, 0.15) is 11.1 Å². The van der Waals surface area contributed by atoms with Crippen LogP contribution >= 0.6 is 23.9 Å². The van der Waals surface area contributed by atoms with Gasteiger partial charge in [-0.1, -0.05) is 24.3 Å². The third kappa shape index (κ3) is 3.95. The first-order valence-corrected chi connectivity index (χ1v) is 9.65. The van der Waals surface area contributed by atoms with Crippen LogP contribution in [-0.4, -0.2) is 42.0 Å². The summed E-state index contributed by atoms with van der Waals surface area (Å²) in [6.45, 7) is 7.48. The van der Waals surface area contributed by atoms with Crippen LogP contribution < -0.4 is 10.6 Å². The topological polar surface area (TPSA) is 45.4 Å². The van der Waals surface area contributed by atoms with E-state index < -0.39 is 0 Å². The number of anilines is 2. The molecule has 2 heterocycles. The van der Waals surface area contributed by atoms with Crippen molar-refractivity contribution in [3.8, 4) is 0 Å². The van der Waals surface area contributed by atoms with Gasteiger partial charge in [-0.3, -0.25) is 4.90 Å². The molecule has 1 saturated heterocycles. The number of nitrogen functional groups attached to an aromatic ring is 1. The number of halogens is 1. The maximum Gasteiger partial charge on any atom is 0.150 e. The standard InChI is InChI=1S/C20H24N4S.ClH/c1-15-14-16(6-7-18(15)21)8-9-23-10-12-24(13-11-23)20-17-4-2-3-5-19(17)25-22-20;/h2-7,14H,8-13,21H2,1H3;1H. The molecule has 2 aromatic carbocycles. The van der Waals surface area contributed by atoms with Crippen molar-refractivity contribution in [1.82, 2.24) is 9.27 Å². The van der Waals surface area contributed by atoms with E-state index in [0.29, 0.717) is 0 Å². The third-order valence-corrected chi connectivity index (χ3v) is 5.90. The highest BCUT2D eigenvalue weighted by Gasteiger charge is 2.20. The predicted molar refractivity (Wildman–Crippen MR) is 115 cm³/mol. The molecule has 0 aliphatic carbocycles. The van der Waals surface area contributed by atoms with Crippen LogP contribution in [0.5, 0.6) is 0 Å². The maximum atomic E-state index is 5.91. The lowest BCUT2D eigenvalue weighted by Crippen LogP contribution is -2.47. The van der Waals surface area contributed by atoms with Crippen molar-refractivity contribution in [1.29, 1.82) is 0 Å². The number of rotatable bonds is 4. The average Bonchev–Trinajstić information content (AvgIpc) is 3.07. The Balaban J connectivity index is 0.00000196. The number of benzene rings is 2. The Hall–Kier alpha value is -1.82. The van der Waals surface area contributed by atoms with Gasteiger partial charge in [-0.2, -0.15) is 4.37 Å². The number of nitrogens with two attached hydrogens (primary N) is 1. The van der Waals surface area contributed by atoms with E-state index in [2.05, 4.69) is 53.1 Å². The van der Waals surface area contributed by atoms with Crippen molar-refractivity contribution in [3.05, 3.63) is 53.6 Å². The minimum absolute atomic E-state index is 0. The largest absolute Gasteiger partial charge is 0.399 e. The molecule has 1 aromatic heterocycles. The molecule has 0 amide bonds. The molecule has 6 heteroatoms. The highest BCUT2D eigenvalue weighted by atomic mass is 35.5. The number of aryl methyl sites for hydroxylation is 1. The molecule has 1 aliphatic heterocycles. The second-order valence-electron chi connectivity index (χ2n) is 6.77. The summed E-state index contributed by atoms with van der Waals surface area (Å²) in [4.78, 5) is 4.99. The minimum atomic E-state index is 0. The Morgan fingerprint density at radius 2 is 1.85 bits per heavy atom. The lowest BCUT2D eigenvalue weighted by atomic mass is 10.1. The molecule has 3 aromatic rings. The summed E-state index contributed by atoms with van der Waals surface area (Å²) in [5.74, 6) is 1.16. The normalized spacial score (nSPS) is 15.2. The van der Waals surface area contributed by atoms with Gasteiger partial charge in [-0.25, -0.2) is 0 Å². The van der Waals surface area contributed by atoms with Gasteiger partial charge in [0.05, 0.1) is 4.70 Å². The number of hydrogen-bond donors (Lipinski definition) is 1. The lowest BCUT2D eigenvalue weighted by molar-refractivity contribution is 0.261. The Morgan fingerprint density at radius 1 is 1.08 bits per heavy atom. The van der Waals surface area contributed by atoms with Crippen molar-refractivity contribution in [3.63, 3.8) is 0 Å². The van der Waals surface area contributed by atoms with Gasteiger partial charge < -0.3 is 10.6 Å². The van der Waals surface area contributed by atoms with E-state index in [-0.39, 0.29) is 12.4 Å². The van der Waals surface area contributed by atoms with Crippen molar-refractivity contribution >= 4 is 45.5 Å². The summed E-state index contributed by atoms with van der Waals surface area (Å²) < 4.78 is 5.97. The number of fused-ring (bicyclic) bond motifs is 1. The fourth-order valence-corrected chi connectivity index (χ4v) is 4.26. The van der Waals surface area contributed by atoms with E-state index in [9.17, 15) is 0 Å². The zero-order valence-corrected chi connectivity index (χ0v) is 16.7. The van der Waals surface area contributed by atoms with Gasteiger partial charge in [0.15, 0.2) is 0 Å². The van der Waals surface area contributed by atoms with Crippen molar-refractivity contribution in [2.75, 3.05) is 43.4 Å². The van der Waals surface area contributed by atoms with Crippen LogP contribution in [0.15, 0.2) is 42.5 Å². The molecule has 0 saturated carbocycles. The number of nitrogens with zero attached hydrogens (tertiary/aromatic N) is 3. The van der Waals surface area contributed by atoms with E-state index in [0.717, 1.165) is 50.6 Å². The van der Waals surface area contributed by atoms with E-state index in [4.69, 9.17) is 10.1 Å². The van der Waals surface area contributed by atoms with Crippen molar-refractivity contribution in [2.45, 2.75) is 13.3 Å². The molecule has 0 radical (unpaired) electrons. The molecule has 1 fully saturated rings. The van der Waals surface area contributed by atoms with Crippen LogP contribution in [0.4, 0.5) is 11.5 Å². The summed E-state index contributed by atoms with van der Waals surface area (Å²) in [7, 11) is 0. The fraction of sp³-hybridized carbons (Fsp3) is 0.350. The second-order valence-corrected chi connectivity index (χ2v) is 7.58. The first-order valence-electron chi connectivity index (χ1n) is 8.87. The first-order chi connectivity index (χ1) is 12.2. The third-order valence-electron chi connectivity index (χ3n) is 5.08. The predicted octanol–water partition coefficient (Wildman–Crippen LogP) is 3.97. The van der Waals surface area contributed by atoms with Crippen LogP contribution in [0.2, 0.25) is 0 Å². The summed E-state index contributed by atoms with van der Waals surface area (Å²) in [6.07, 6.45) is 1.08. The average molecular weight is 389 g/mol. The van der Waals surface area contributed by atoms with E-state index >= 15 is 0 Å². The Bertz CT molecular complexity index is 871. The second kappa shape index (κ2) is 8.25. The Kier molecular flexibility index (Phi) is 6.01. The van der Waals surface area contributed by atoms with Crippen molar-refractivity contribution in [2.24, 2.45) is 0 Å². The molecular weight excluding hydrogens is 364 g/mol. The molecule has 1 aliphatic rings. The Labute approximate surface area is 165 Å². The highest BCUT2D eigenvalue weighted by Crippen LogP contribution is 2.29. The van der Waals surface area contributed by atoms with Gasteiger partial charge in [0.1, 0.15) is 5.82 Å². The molecule has 4 nitrogen and oxygen atoms in total. The van der Waals surface area contributed by atoms with Crippen LogP contribution in [-0.2, 0) is 6.42 Å². The fourth-order valence-electron chi connectivity index (χ4n) is 3.46. The number of aromatic nitrogens is 1. The van der Waals surface area contributed by atoms with Gasteiger partial charge in [0, 0.05) is 43.8 Å². The molecule has 4 rings (SSSR count). The maximum absolute atomic E-state index is 5.91. The van der Waals surface area contributed by atoms with Crippen molar-refractivity contribution < 1.29 is 0 Å². The SMILES string of the molecule is Cc1cc(CCN2CCN(c3nsc4ccccc34)CC2)ccc1N.Cl. The first kappa shape index (κ1) is 19.0. The van der Waals surface area contributed by atoms with Crippen LogP contribution in [0.25, 0.3) is 10.1 Å².